The Labute approximate surface area is 153 Å². The van der Waals surface area contributed by atoms with Crippen LogP contribution in [-0.4, -0.2) is 75.7 Å². The van der Waals surface area contributed by atoms with Gasteiger partial charge >= 0.3 is 17.4 Å². The van der Waals surface area contributed by atoms with Gasteiger partial charge in [-0.3, -0.25) is 0 Å². The van der Waals surface area contributed by atoms with Crippen LogP contribution in [0, 0.1) is 0 Å². The summed E-state index contributed by atoms with van der Waals surface area (Å²) in [5.74, 6) is 0. The minimum absolute atomic E-state index is 0.0404. The van der Waals surface area contributed by atoms with E-state index in [0.29, 0.717) is 0 Å². The zero-order valence-corrected chi connectivity index (χ0v) is 15.8. The number of amides is 1. The third kappa shape index (κ3) is 7.16. The van der Waals surface area contributed by atoms with Crippen LogP contribution >= 0.6 is 11.8 Å². The molecule has 0 saturated carbocycles. The van der Waals surface area contributed by atoms with Crippen LogP contribution in [0.15, 0.2) is 0 Å². The molecule has 0 aromatic carbocycles. The predicted octanol–water partition coefficient (Wildman–Crippen LogP) is 1.50. The van der Waals surface area contributed by atoms with Crippen molar-refractivity contribution in [3.63, 3.8) is 0 Å². The largest absolute Gasteiger partial charge is 0.508 e. The molecule has 26 heavy (non-hydrogen) atoms. The molecule has 0 spiro atoms. The molecule has 4 atom stereocenters. The lowest BCUT2D eigenvalue weighted by Crippen LogP contribution is -2.49. The van der Waals surface area contributed by atoms with Crippen molar-refractivity contribution in [2.45, 2.75) is 69.1 Å². The van der Waals surface area contributed by atoms with Crippen LogP contribution in [0.2, 0.25) is 0 Å². The topological polar surface area (TPSA) is 93.3 Å². The number of amidine groups is 1. The van der Waals surface area contributed by atoms with Crippen molar-refractivity contribution in [3.8, 4) is 0 Å². The smallest absolute Gasteiger partial charge is 0.425 e. The molecular formula is C15H24F3N2O5S+. The second-order valence-electron chi connectivity index (χ2n) is 6.81. The van der Waals surface area contributed by atoms with Crippen LogP contribution < -0.4 is 4.67 Å². The Hall–Kier alpha value is -1.26. The van der Waals surface area contributed by atoms with Crippen molar-refractivity contribution >= 4 is 29.7 Å². The number of ether oxygens (including phenoxy) is 2. The zero-order chi connectivity index (χ0) is 20.3. The molecule has 2 N–H and O–H groups in total. The zero-order valence-electron chi connectivity index (χ0n) is 15.0. The third-order valence-corrected chi connectivity index (χ3v) is 4.47. The fourth-order valence-electron chi connectivity index (χ4n) is 2.14. The molecule has 11 heteroatoms. The van der Waals surface area contributed by atoms with E-state index in [1.54, 1.807) is 20.8 Å². The fraction of sp³-hybridized carbons (Fsp3) is 0.800. The van der Waals surface area contributed by atoms with Crippen molar-refractivity contribution in [1.82, 2.24) is 9.57 Å². The summed E-state index contributed by atoms with van der Waals surface area (Å²) in [5, 5.41) is 19.6. The first kappa shape index (κ1) is 22.8. The SMILES string of the molecule is C=[N+]=C(SC1CC(O)C(O)C(CC(F)(F)F)O1)N(C)C(=O)OC(C)(C)C. The number of hydrogen-bond donors (Lipinski definition) is 2. The van der Waals surface area contributed by atoms with Crippen LogP contribution in [0.5, 0.6) is 0 Å². The Morgan fingerprint density at radius 3 is 2.42 bits per heavy atom. The first-order valence-corrected chi connectivity index (χ1v) is 8.67. The number of hydrogen-bond acceptors (Lipinski definition) is 6. The first-order valence-electron chi connectivity index (χ1n) is 7.79. The number of thioether (sulfide) groups is 1. The lowest BCUT2D eigenvalue weighted by molar-refractivity contribution is -0.206. The van der Waals surface area contributed by atoms with Gasteiger partial charge in [-0.25, -0.2) is 4.67 Å². The second kappa shape index (κ2) is 8.62. The van der Waals surface area contributed by atoms with Crippen LogP contribution in [0.25, 0.3) is 0 Å². The fourth-order valence-corrected chi connectivity index (χ4v) is 3.17. The molecule has 1 fully saturated rings. The monoisotopic (exact) mass is 401 g/mol. The number of halogens is 3. The molecule has 1 saturated heterocycles. The average Bonchev–Trinajstić information content (AvgIpc) is 2.45. The second-order valence-corrected chi connectivity index (χ2v) is 7.94. The minimum Gasteiger partial charge on any atom is -0.425 e. The molecule has 1 rings (SSSR count). The quantitative estimate of drug-likeness (QED) is 0.414. The number of carbonyl (C=O) groups is 1. The van der Waals surface area contributed by atoms with Gasteiger partial charge in [0.15, 0.2) is 6.72 Å². The highest BCUT2D eigenvalue weighted by Gasteiger charge is 2.45. The van der Waals surface area contributed by atoms with Crippen LogP contribution in [0.1, 0.15) is 33.6 Å². The molecule has 1 aliphatic rings. The van der Waals surface area contributed by atoms with E-state index in [-0.39, 0.29) is 11.6 Å². The standard InChI is InChI=1S/C15H24F3N2O5S/c1-14(2,3)25-13(23)20(5)12(19-4)26-10-6-8(21)11(22)9(24-10)7-15(16,17)18/h8-11,21-22H,4,6-7H2,1-3,5H3/q+1. The Morgan fingerprint density at radius 1 is 1.38 bits per heavy atom. The normalized spacial score (nSPS) is 26.8. The number of aliphatic hydroxyl groups excluding tert-OH is 2. The summed E-state index contributed by atoms with van der Waals surface area (Å²) >= 11 is 0.816. The van der Waals surface area contributed by atoms with Gasteiger partial charge in [0.25, 0.3) is 0 Å². The molecule has 0 aromatic rings. The summed E-state index contributed by atoms with van der Waals surface area (Å²) in [6.07, 6.45) is -11.5. The van der Waals surface area contributed by atoms with Gasteiger partial charge in [-0.05, 0) is 20.8 Å². The first-order chi connectivity index (χ1) is 11.7. The molecule has 1 heterocycles. The van der Waals surface area contributed by atoms with Gasteiger partial charge in [0.05, 0.1) is 25.7 Å². The maximum Gasteiger partial charge on any atom is 0.508 e. The highest BCUT2D eigenvalue weighted by atomic mass is 32.2. The van der Waals surface area contributed by atoms with Gasteiger partial charge in [0.2, 0.25) is 0 Å². The Kier molecular flexibility index (Phi) is 7.55. The lowest BCUT2D eigenvalue weighted by Gasteiger charge is -2.36. The van der Waals surface area contributed by atoms with E-state index in [0.717, 1.165) is 16.7 Å². The molecule has 0 aliphatic carbocycles. The van der Waals surface area contributed by atoms with Crippen LogP contribution in [0.4, 0.5) is 18.0 Å². The van der Waals surface area contributed by atoms with E-state index in [2.05, 4.69) is 11.4 Å². The molecule has 0 radical (unpaired) electrons. The maximum atomic E-state index is 12.6. The highest BCUT2D eigenvalue weighted by molar-refractivity contribution is 8.14. The number of carbonyl (C=O) groups excluding carboxylic acids is 1. The van der Waals surface area contributed by atoms with Crippen LogP contribution in [0.3, 0.4) is 0 Å². The van der Waals surface area contributed by atoms with Crippen molar-refractivity contribution in [2.75, 3.05) is 7.05 Å². The molecule has 7 nitrogen and oxygen atoms in total. The summed E-state index contributed by atoms with van der Waals surface area (Å²) in [7, 11) is 1.37. The van der Waals surface area contributed by atoms with Gasteiger partial charge in [-0.15, -0.1) is 4.90 Å². The third-order valence-electron chi connectivity index (χ3n) is 3.29. The summed E-state index contributed by atoms with van der Waals surface area (Å²) in [4.78, 5) is 13.1. The summed E-state index contributed by atoms with van der Waals surface area (Å²) in [5.41, 5.74) is -1.70. The number of aliphatic hydroxyl groups is 2. The van der Waals surface area contributed by atoms with E-state index >= 15 is 0 Å². The Balaban J connectivity index is 2.81. The molecular weight excluding hydrogens is 377 g/mol. The van der Waals surface area contributed by atoms with Crippen molar-refractivity contribution in [2.24, 2.45) is 0 Å². The summed E-state index contributed by atoms with van der Waals surface area (Å²) < 4.78 is 51.9. The predicted molar refractivity (Wildman–Crippen MR) is 91.8 cm³/mol. The number of alkyl halides is 3. The highest BCUT2D eigenvalue weighted by Crippen LogP contribution is 2.34. The Bertz CT molecular complexity index is 560. The minimum atomic E-state index is -4.56. The number of rotatable bonds is 2. The van der Waals surface area contributed by atoms with Crippen molar-refractivity contribution < 1.29 is 37.7 Å². The van der Waals surface area contributed by atoms with Gasteiger partial charge in [0.1, 0.15) is 17.1 Å². The van der Waals surface area contributed by atoms with E-state index in [1.165, 1.54) is 7.05 Å². The van der Waals surface area contributed by atoms with E-state index in [4.69, 9.17) is 9.47 Å². The lowest BCUT2D eigenvalue weighted by atomic mass is 10.00. The van der Waals surface area contributed by atoms with Crippen LogP contribution in [-0.2, 0) is 9.47 Å². The molecule has 0 bridgehead atoms. The average molecular weight is 401 g/mol. The van der Waals surface area contributed by atoms with Crippen molar-refractivity contribution in [1.29, 1.82) is 0 Å². The van der Waals surface area contributed by atoms with Gasteiger partial charge < -0.3 is 19.7 Å². The van der Waals surface area contributed by atoms with Crippen molar-refractivity contribution in [3.05, 3.63) is 0 Å². The molecule has 150 valence electrons. The molecule has 1 aliphatic heterocycles. The van der Waals surface area contributed by atoms with E-state index < -0.39 is 48.0 Å². The van der Waals surface area contributed by atoms with E-state index in [9.17, 15) is 28.2 Å². The summed E-state index contributed by atoms with van der Waals surface area (Å²) in [6, 6.07) is 0. The summed E-state index contributed by atoms with van der Waals surface area (Å²) in [6.45, 7) is 8.37. The molecule has 4 unspecified atom stereocenters. The maximum absolute atomic E-state index is 12.6. The number of nitrogens with zero attached hydrogens (tertiary/aromatic N) is 2. The Morgan fingerprint density at radius 2 is 1.96 bits per heavy atom. The molecule has 0 aromatic heterocycles. The molecule has 1 amide bonds. The van der Waals surface area contributed by atoms with Gasteiger partial charge in [-0.1, -0.05) is 0 Å². The van der Waals surface area contributed by atoms with Gasteiger partial charge in [0, 0.05) is 18.2 Å². The van der Waals surface area contributed by atoms with Gasteiger partial charge in [-0.2, -0.15) is 18.0 Å². The van der Waals surface area contributed by atoms with E-state index in [1.807, 2.05) is 0 Å².